The molecule has 3 N–H and O–H groups in total. The van der Waals surface area contributed by atoms with Crippen molar-refractivity contribution in [2.45, 2.75) is 84.5 Å². The lowest BCUT2D eigenvalue weighted by Gasteiger charge is -2.57. The summed E-state index contributed by atoms with van der Waals surface area (Å²) in [7, 11) is 0. The van der Waals surface area contributed by atoms with Gasteiger partial charge in [0.15, 0.2) is 0 Å². The third-order valence-electron chi connectivity index (χ3n) is 8.34. The minimum absolute atomic E-state index is 0.0261. The van der Waals surface area contributed by atoms with E-state index in [1.54, 1.807) is 13.8 Å². The molecule has 3 nitrogen and oxygen atoms in total. The molecule has 0 aliphatic heterocycles. The summed E-state index contributed by atoms with van der Waals surface area (Å²) in [6.07, 6.45) is 12.4. The van der Waals surface area contributed by atoms with Gasteiger partial charge in [0, 0.05) is 10.8 Å². The van der Waals surface area contributed by atoms with E-state index in [4.69, 9.17) is 0 Å². The molecule has 0 aromatic carbocycles. The quantitative estimate of drug-likeness (QED) is 0.562. The van der Waals surface area contributed by atoms with Crippen LogP contribution in [0.4, 0.5) is 0 Å². The van der Waals surface area contributed by atoms with Crippen LogP contribution < -0.4 is 0 Å². The molecule has 0 aromatic heterocycles. The molecule has 4 aliphatic rings. The molecule has 4 aliphatic carbocycles. The molecule has 0 bridgehead atoms. The average molecular weight is 409 g/mol. The Hall–Kier alpha value is -1.60. The van der Waals surface area contributed by atoms with Crippen LogP contribution in [0.3, 0.4) is 0 Å². The van der Waals surface area contributed by atoms with Gasteiger partial charge in [-0.1, -0.05) is 43.9 Å². The first kappa shape index (κ1) is 21.6. The number of fused-ring (bicyclic) bond motifs is 5. The fourth-order valence-electron chi connectivity index (χ4n) is 6.60. The molecular formula is C27H36O3. The summed E-state index contributed by atoms with van der Waals surface area (Å²) in [6, 6.07) is 0. The molecule has 2 saturated carbocycles. The second-order valence-corrected chi connectivity index (χ2v) is 10.8. The van der Waals surface area contributed by atoms with E-state index in [-0.39, 0.29) is 16.9 Å². The SMILES string of the molecule is CC(=CC#CC(C)(C)O)C1=CC=C2C3=CCC4CC(O)CC(O)[C@]4(C)[C@H]3CC[C@]12C. The van der Waals surface area contributed by atoms with Crippen LogP contribution in [-0.4, -0.2) is 33.1 Å². The predicted octanol–water partition coefficient (Wildman–Crippen LogP) is 4.46. The third kappa shape index (κ3) is 3.34. The van der Waals surface area contributed by atoms with Crippen LogP contribution in [0.15, 0.2) is 46.6 Å². The molecule has 0 spiro atoms. The highest BCUT2D eigenvalue weighted by Gasteiger charge is 2.57. The van der Waals surface area contributed by atoms with Crippen LogP contribution in [-0.2, 0) is 0 Å². The van der Waals surface area contributed by atoms with E-state index in [9.17, 15) is 15.3 Å². The van der Waals surface area contributed by atoms with Crippen molar-refractivity contribution in [3.8, 4) is 11.8 Å². The zero-order chi connectivity index (χ0) is 21.9. The van der Waals surface area contributed by atoms with Gasteiger partial charge in [0.25, 0.3) is 0 Å². The lowest BCUT2D eigenvalue weighted by atomic mass is 9.48. The van der Waals surface area contributed by atoms with E-state index in [2.05, 4.69) is 50.8 Å². The van der Waals surface area contributed by atoms with Gasteiger partial charge in [0.1, 0.15) is 5.60 Å². The maximum atomic E-state index is 11.0. The Morgan fingerprint density at radius 1 is 1.20 bits per heavy atom. The topological polar surface area (TPSA) is 60.7 Å². The Bertz CT molecular complexity index is 916. The summed E-state index contributed by atoms with van der Waals surface area (Å²) in [6.45, 7) is 10.1. The first-order valence-corrected chi connectivity index (χ1v) is 11.4. The minimum Gasteiger partial charge on any atom is -0.393 e. The highest BCUT2D eigenvalue weighted by Crippen LogP contribution is 2.63. The van der Waals surface area contributed by atoms with Gasteiger partial charge < -0.3 is 15.3 Å². The fourth-order valence-corrected chi connectivity index (χ4v) is 6.60. The largest absolute Gasteiger partial charge is 0.393 e. The lowest BCUT2D eigenvalue weighted by Crippen LogP contribution is -2.55. The van der Waals surface area contributed by atoms with Gasteiger partial charge in [0.2, 0.25) is 0 Å². The number of rotatable bonds is 1. The van der Waals surface area contributed by atoms with Gasteiger partial charge in [-0.2, -0.15) is 0 Å². The number of aliphatic hydroxyl groups is 3. The second kappa shape index (κ2) is 7.23. The van der Waals surface area contributed by atoms with Crippen LogP contribution >= 0.6 is 0 Å². The van der Waals surface area contributed by atoms with E-state index < -0.39 is 11.7 Å². The average Bonchev–Trinajstić information content (AvgIpc) is 2.99. The van der Waals surface area contributed by atoms with Crippen molar-refractivity contribution in [3.63, 3.8) is 0 Å². The van der Waals surface area contributed by atoms with Crippen molar-refractivity contribution in [1.82, 2.24) is 0 Å². The van der Waals surface area contributed by atoms with E-state index in [1.807, 2.05) is 6.08 Å². The molecule has 0 saturated heterocycles. The Morgan fingerprint density at radius 2 is 1.93 bits per heavy atom. The third-order valence-corrected chi connectivity index (χ3v) is 8.34. The Balaban J connectivity index is 1.63. The van der Waals surface area contributed by atoms with E-state index >= 15 is 0 Å². The molecule has 30 heavy (non-hydrogen) atoms. The van der Waals surface area contributed by atoms with Crippen molar-refractivity contribution >= 4 is 0 Å². The highest BCUT2D eigenvalue weighted by molar-refractivity contribution is 5.59. The smallest absolute Gasteiger partial charge is 0.120 e. The molecule has 0 aromatic rings. The summed E-state index contributed by atoms with van der Waals surface area (Å²) in [5, 5.41) is 31.1. The van der Waals surface area contributed by atoms with Gasteiger partial charge in [-0.3, -0.25) is 0 Å². The molecule has 2 fully saturated rings. The maximum Gasteiger partial charge on any atom is 0.120 e. The van der Waals surface area contributed by atoms with E-state index in [1.165, 1.54) is 16.7 Å². The lowest BCUT2D eigenvalue weighted by molar-refractivity contribution is -0.117. The van der Waals surface area contributed by atoms with Crippen LogP contribution in [0.1, 0.15) is 66.7 Å². The summed E-state index contributed by atoms with van der Waals surface area (Å²) in [5.74, 6) is 6.60. The molecule has 3 unspecified atom stereocenters. The highest BCUT2D eigenvalue weighted by atomic mass is 16.3. The zero-order valence-electron chi connectivity index (χ0n) is 19.0. The summed E-state index contributed by atoms with van der Waals surface area (Å²) < 4.78 is 0. The molecule has 0 radical (unpaired) electrons. The van der Waals surface area contributed by atoms with E-state index in [0.717, 1.165) is 31.3 Å². The van der Waals surface area contributed by atoms with Crippen molar-refractivity contribution in [1.29, 1.82) is 0 Å². The van der Waals surface area contributed by atoms with Crippen molar-refractivity contribution < 1.29 is 15.3 Å². The Morgan fingerprint density at radius 3 is 2.63 bits per heavy atom. The number of hydrogen-bond donors (Lipinski definition) is 3. The molecule has 0 heterocycles. The first-order valence-electron chi connectivity index (χ1n) is 11.4. The van der Waals surface area contributed by atoms with Gasteiger partial charge in [-0.15, -0.1) is 0 Å². The molecular weight excluding hydrogens is 372 g/mol. The van der Waals surface area contributed by atoms with Crippen molar-refractivity contribution in [2.24, 2.45) is 22.7 Å². The standard InChI is InChI=1S/C27H36O3/c1-17(7-6-13-25(2,3)30)21-10-11-22-20-9-8-18-15-19(28)16-24(29)27(18,5)23(20)12-14-26(21,22)4/h7,9-11,18-19,23-24,28-30H,8,12,14-16H2,1-5H3/t18?,19?,23-,24?,26+,27-/m0/s1. The summed E-state index contributed by atoms with van der Waals surface area (Å²) in [5.41, 5.74) is 4.11. The maximum absolute atomic E-state index is 11.0. The molecule has 162 valence electrons. The minimum atomic E-state index is -0.987. The van der Waals surface area contributed by atoms with Gasteiger partial charge in [0.05, 0.1) is 12.2 Å². The van der Waals surface area contributed by atoms with Crippen LogP contribution in [0.5, 0.6) is 0 Å². The monoisotopic (exact) mass is 408 g/mol. The molecule has 6 atom stereocenters. The first-order chi connectivity index (χ1) is 14.0. The number of allylic oxidation sites excluding steroid dienone is 8. The predicted molar refractivity (Wildman–Crippen MR) is 120 cm³/mol. The fraction of sp³-hybridized carbons (Fsp3) is 0.630. The van der Waals surface area contributed by atoms with Crippen LogP contribution in [0, 0.1) is 34.5 Å². The summed E-state index contributed by atoms with van der Waals surface area (Å²) >= 11 is 0. The molecule has 0 amide bonds. The normalized spacial score (nSPS) is 40.8. The second-order valence-electron chi connectivity index (χ2n) is 10.8. The van der Waals surface area contributed by atoms with Crippen LogP contribution in [0.2, 0.25) is 0 Å². The Kier molecular flexibility index (Phi) is 5.21. The summed E-state index contributed by atoms with van der Waals surface area (Å²) in [4.78, 5) is 0. The Labute approximate surface area is 181 Å². The van der Waals surface area contributed by atoms with Gasteiger partial charge in [-0.25, -0.2) is 0 Å². The molecule has 4 rings (SSSR count). The van der Waals surface area contributed by atoms with Gasteiger partial charge in [-0.05, 0) is 93.1 Å². The zero-order valence-corrected chi connectivity index (χ0v) is 19.0. The van der Waals surface area contributed by atoms with Crippen molar-refractivity contribution in [2.75, 3.05) is 0 Å². The molecule has 3 heteroatoms. The van der Waals surface area contributed by atoms with Crippen molar-refractivity contribution in [3.05, 3.63) is 46.6 Å². The van der Waals surface area contributed by atoms with Gasteiger partial charge >= 0.3 is 0 Å². The number of hydrogen-bond acceptors (Lipinski definition) is 3. The van der Waals surface area contributed by atoms with Crippen LogP contribution in [0.25, 0.3) is 0 Å². The van der Waals surface area contributed by atoms with E-state index in [0.29, 0.717) is 18.3 Å². The number of aliphatic hydroxyl groups excluding tert-OH is 2.